The Morgan fingerprint density at radius 3 is 2.03 bits per heavy atom. The highest BCUT2D eigenvalue weighted by molar-refractivity contribution is 6.20. The minimum Gasteiger partial charge on any atom is -0.493 e. The molecule has 4 N–H and O–H groups in total. The van der Waals surface area contributed by atoms with Crippen LogP contribution in [0, 0.1) is 40.5 Å². The topological polar surface area (TPSA) is 330 Å². The molecule has 2 amide bonds. The smallest absolute Gasteiger partial charge is 0.434 e. The quantitative estimate of drug-likeness (QED) is 0.0421. The number of carbonyl (C=O) groups excluding carboxylic acids is 2. The summed E-state index contributed by atoms with van der Waals surface area (Å²) >= 11 is 17.6. The Balaban J connectivity index is 0.000000222. The number of H-pyrrole nitrogens is 1. The van der Waals surface area contributed by atoms with Crippen LogP contribution in [0.15, 0.2) is 67.0 Å². The number of amides is 2. The number of benzene rings is 4. The molecule has 3 heterocycles. The van der Waals surface area contributed by atoms with Gasteiger partial charge in [-0.15, -0.1) is 34.8 Å². The third kappa shape index (κ3) is 11.9. The van der Waals surface area contributed by atoms with E-state index < -0.39 is 48.6 Å². The largest absolute Gasteiger partial charge is 0.493 e. The number of hydrogen-bond donors (Lipinski definition) is 3. The first-order valence-electron chi connectivity index (χ1n) is 20.8. The van der Waals surface area contributed by atoms with Crippen molar-refractivity contribution in [2.24, 2.45) is 5.73 Å². The summed E-state index contributed by atoms with van der Waals surface area (Å²) in [5, 5.41) is 55.7. The molecule has 28 heteroatoms. The number of ether oxygens (including phenoxy) is 4. The van der Waals surface area contributed by atoms with Gasteiger partial charge in [0.1, 0.15) is 35.4 Å². The first-order valence-corrected chi connectivity index (χ1v) is 22.4. The van der Waals surface area contributed by atoms with E-state index in [1.807, 2.05) is 12.1 Å². The number of imidazole rings is 1. The van der Waals surface area contributed by atoms with Crippen LogP contribution in [0.5, 0.6) is 17.2 Å². The molecular weight excluding hydrogens is 1000 g/mol. The summed E-state index contributed by atoms with van der Waals surface area (Å²) in [6, 6.07) is 13.8. The van der Waals surface area contributed by atoms with Crippen LogP contribution in [0.4, 0.5) is 34.4 Å². The molecule has 0 fully saturated rings. The van der Waals surface area contributed by atoms with Crippen LogP contribution in [-0.4, -0.2) is 130 Å². The molecule has 1 aliphatic rings. The molecular formula is C43H45Cl3N10O15. The van der Waals surface area contributed by atoms with E-state index in [1.165, 1.54) is 56.4 Å². The average molecular weight is 1050 g/mol. The minimum atomic E-state index is -1.06. The standard InChI is InChI=1S/C25H22ClN3O6.C11H12Cl2N4O5.C7H11N3O4/c1-33-20-9-13-8-17(27-22(13)24(35-3)23(20)34-2)25(30)28-12-14(11-26)21-16-7-5-4-6-15(16)18(29(31)32)10-19(21)28;12-1-3-15(4-2-13)9-5-7(11(14)18)8(16(19)20)6-10(9)17(21)22;1-14-5-6(11)4-9-3-2-8-7(9)10(12)13/h4-10,14,27H,11-12H2,1-3H3;5-6H,1-4H2,(H2,14,18);2-3,6,11H,4-5H2,1H3. The van der Waals surface area contributed by atoms with Crippen LogP contribution < -0.4 is 29.7 Å². The molecule has 0 radical (unpaired) electrons. The van der Waals surface area contributed by atoms with Crippen LogP contribution in [0.25, 0.3) is 21.7 Å². The first-order chi connectivity index (χ1) is 33.9. The monoisotopic (exact) mass is 1050 g/mol. The fourth-order valence-electron chi connectivity index (χ4n) is 7.86. The maximum atomic E-state index is 13.7. The van der Waals surface area contributed by atoms with Crippen molar-refractivity contribution in [3.63, 3.8) is 0 Å². The van der Waals surface area contributed by atoms with Crippen LogP contribution in [0.2, 0.25) is 0 Å². The molecule has 6 aromatic rings. The molecule has 2 aromatic heterocycles. The number of hydrogen-bond acceptors (Lipinski definition) is 17. The molecule has 25 nitrogen and oxygen atoms in total. The number of aliphatic hydroxyl groups is 1. The number of non-ortho nitro benzene ring substituents is 1. The lowest BCUT2D eigenvalue weighted by Crippen LogP contribution is -2.30. The van der Waals surface area contributed by atoms with Crippen LogP contribution in [0.3, 0.4) is 0 Å². The number of rotatable bonds is 19. The number of methoxy groups -OCH3 is 4. The maximum Gasteiger partial charge on any atom is 0.434 e. The molecule has 378 valence electrons. The van der Waals surface area contributed by atoms with Crippen molar-refractivity contribution in [1.29, 1.82) is 0 Å². The van der Waals surface area contributed by atoms with Crippen molar-refractivity contribution < 1.29 is 53.3 Å². The molecule has 7 rings (SSSR count). The van der Waals surface area contributed by atoms with Crippen LogP contribution in [-0.2, 0) is 11.3 Å². The molecule has 2 atom stereocenters. The molecule has 0 spiro atoms. The van der Waals surface area contributed by atoms with Gasteiger partial charge in [0.25, 0.3) is 28.9 Å². The Kier molecular flexibility index (Phi) is 18.6. The number of nitro groups is 4. The minimum absolute atomic E-state index is 0.00528. The van der Waals surface area contributed by atoms with Gasteiger partial charge in [0.05, 0.1) is 71.9 Å². The zero-order valence-electron chi connectivity index (χ0n) is 38.1. The highest BCUT2D eigenvalue weighted by atomic mass is 35.5. The summed E-state index contributed by atoms with van der Waals surface area (Å²) in [6.07, 6.45) is 1.99. The summed E-state index contributed by atoms with van der Waals surface area (Å²) < 4.78 is 22.4. The van der Waals surface area contributed by atoms with Crippen LogP contribution in [0.1, 0.15) is 32.3 Å². The third-order valence-corrected chi connectivity index (χ3v) is 11.6. The lowest BCUT2D eigenvalue weighted by Gasteiger charge is -2.22. The molecule has 1 aliphatic heterocycles. The number of nitro benzene ring substituents is 3. The summed E-state index contributed by atoms with van der Waals surface area (Å²) in [7, 11) is 5.98. The second-order valence-corrected chi connectivity index (χ2v) is 16.1. The third-order valence-electron chi connectivity index (χ3n) is 10.8. The van der Waals surface area contributed by atoms with E-state index in [-0.39, 0.29) is 73.0 Å². The number of aromatic amines is 1. The van der Waals surface area contributed by atoms with Crippen LogP contribution >= 0.6 is 34.8 Å². The van der Waals surface area contributed by atoms with E-state index in [1.54, 1.807) is 29.2 Å². The summed E-state index contributed by atoms with van der Waals surface area (Å²) in [5.41, 5.74) is 5.60. The van der Waals surface area contributed by atoms with Gasteiger partial charge in [-0.05, 0) is 40.1 Å². The van der Waals surface area contributed by atoms with E-state index in [9.17, 15) is 55.2 Å². The molecule has 2 unspecified atom stereocenters. The fourth-order valence-corrected chi connectivity index (χ4v) is 8.52. The number of alkyl halides is 3. The Morgan fingerprint density at radius 2 is 1.49 bits per heavy atom. The second-order valence-electron chi connectivity index (χ2n) is 15.0. The van der Waals surface area contributed by atoms with Gasteiger partial charge >= 0.3 is 5.95 Å². The number of aromatic nitrogens is 3. The van der Waals surface area contributed by atoms with Crippen molar-refractivity contribution in [3.05, 3.63) is 124 Å². The lowest BCUT2D eigenvalue weighted by molar-refractivity contribution is -0.397. The number of nitrogens with one attached hydrogen (secondary N) is 1. The summed E-state index contributed by atoms with van der Waals surface area (Å²) in [4.78, 5) is 76.5. The molecule has 4 aromatic carbocycles. The normalized spacial score (nSPS) is 13.0. The number of nitrogens with zero attached hydrogens (tertiary/aromatic N) is 8. The van der Waals surface area contributed by atoms with Gasteiger partial charge in [0, 0.05) is 61.8 Å². The Hall–Kier alpha value is -7.58. The van der Waals surface area contributed by atoms with E-state index in [2.05, 4.69) is 9.97 Å². The van der Waals surface area contributed by atoms with Gasteiger partial charge in [-0.3, -0.25) is 39.9 Å². The number of halogens is 3. The second kappa shape index (κ2) is 24.3. The molecule has 0 aliphatic carbocycles. The number of aliphatic hydroxyl groups excluding tert-OH is 1. The van der Waals surface area contributed by atoms with Gasteiger partial charge in [0.15, 0.2) is 11.5 Å². The number of nitrogens with two attached hydrogens (primary N) is 1. The van der Waals surface area contributed by atoms with Crippen molar-refractivity contribution in [1.82, 2.24) is 14.5 Å². The van der Waals surface area contributed by atoms with Crippen molar-refractivity contribution >= 4 is 103 Å². The van der Waals surface area contributed by atoms with Crippen molar-refractivity contribution in [2.45, 2.75) is 18.6 Å². The molecule has 0 bridgehead atoms. The predicted molar refractivity (Wildman–Crippen MR) is 262 cm³/mol. The predicted octanol–water partition coefficient (Wildman–Crippen LogP) is 6.92. The fraction of sp³-hybridized carbons (Fsp3) is 0.326. The van der Waals surface area contributed by atoms with Gasteiger partial charge in [0.2, 0.25) is 5.75 Å². The number of carbonyl (C=O) groups is 2. The molecule has 0 saturated heterocycles. The zero-order valence-corrected chi connectivity index (χ0v) is 40.4. The van der Waals surface area contributed by atoms with Crippen molar-refractivity contribution in [3.8, 4) is 17.2 Å². The number of primary amides is 1. The molecule has 71 heavy (non-hydrogen) atoms. The molecule has 0 saturated carbocycles. The van der Waals surface area contributed by atoms with Crippen molar-refractivity contribution in [2.75, 3.05) is 82.1 Å². The lowest BCUT2D eigenvalue weighted by atomic mass is 9.95. The summed E-state index contributed by atoms with van der Waals surface area (Å²) in [6.45, 7) is 0.970. The van der Waals surface area contributed by atoms with E-state index in [4.69, 9.17) is 59.5 Å². The number of fused-ring (bicyclic) bond motifs is 4. The Bertz CT molecular complexity index is 2960. The number of anilines is 2. The maximum absolute atomic E-state index is 13.7. The van der Waals surface area contributed by atoms with Gasteiger partial charge in [-0.2, -0.15) is 0 Å². The van der Waals surface area contributed by atoms with E-state index >= 15 is 0 Å². The van der Waals surface area contributed by atoms with Gasteiger partial charge in [-0.25, -0.2) is 4.57 Å². The average Bonchev–Trinajstić information content (AvgIpc) is 4.10. The van der Waals surface area contributed by atoms with Gasteiger partial charge < -0.3 is 54.7 Å². The Labute approximate surface area is 417 Å². The van der Waals surface area contributed by atoms with Gasteiger partial charge in [-0.1, -0.05) is 23.2 Å². The summed E-state index contributed by atoms with van der Waals surface area (Å²) in [5.74, 6) is 0.00838. The van der Waals surface area contributed by atoms with E-state index in [0.29, 0.717) is 57.5 Å². The first kappa shape index (κ1) is 54.4. The van der Waals surface area contributed by atoms with E-state index in [0.717, 1.165) is 17.0 Å². The highest BCUT2D eigenvalue weighted by Crippen LogP contribution is 2.47. The SMILES string of the molecule is COCC(O)Cn1ccnc1[N+](=O)[O-].COc1cc2cc(C(=O)N3CC(CCl)c4c3cc([N+](=O)[O-])c3ccccc43)[nH]c2c(OC)c1OC.NC(=O)c1cc(N(CCCl)CCCl)c([N+](=O)[O-])cc1[N+](=O)[O-]. The Morgan fingerprint density at radius 1 is 0.859 bits per heavy atom. The zero-order chi connectivity index (χ0) is 52.3. The highest BCUT2D eigenvalue weighted by Gasteiger charge is 2.37.